The van der Waals surface area contributed by atoms with Crippen molar-refractivity contribution in [1.29, 1.82) is 0 Å². The molecule has 0 bridgehead atoms. The van der Waals surface area contributed by atoms with Crippen molar-refractivity contribution in [3.8, 4) is 0 Å². The third kappa shape index (κ3) is 1.75. The van der Waals surface area contributed by atoms with E-state index in [0.717, 1.165) is 6.07 Å². The van der Waals surface area contributed by atoms with E-state index < -0.39 is 17.5 Å². The first kappa shape index (κ1) is 9.83. The Labute approximate surface area is 85.4 Å². The molecule has 4 heteroatoms. The van der Waals surface area contributed by atoms with Crippen LogP contribution in [-0.2, 0) is 4.79 Å². The predicted molar refractivity (Wildman–Crippen MR) is 51.9 cm³/mol. The lowest BCUT2D eigenvalue weighted by atomic mass is 9.97. The highest BCUT2D eigenvalue weighted by molar-refractivity contribution is 5.77. The first-order chi connectivity index (χ1) is 7.08. The molecule has 2 rings (SSSR count). The summed E-state index contributed by atoms with van der Waals surface area (Å²) in [5.41, 5.74) is 5.89. The van der Waals surface area contributed by atoms with Gasteiger partial charge in [0.25, 0.3) is 0 Å². The number of carbonyl (C=O) groups excluding carboxylic acids is 1. The summed E-state index contributed by atoms with van der Waals surface area (Å²) >= 11 is 0. The zero-order chi connectivity index (χ0) is 11.0. The summed E-state index contributed by atoms with van der Waals surface area (Å²) in [6.45, 7) is 0. The van der Waals surface area contributed by atoms with Crippen molar-refractivity contribution in [2.75, 3.05) is 0 Å². The predicted octanol–water partition coefficient (Wildman–Crippen LogP) is 1.95. The molecule has 0 saturated carbocycles. The Bertz CT molecular complexity index is 454. The molecule has 2 N–H and O–H groups in total. The molecule has 0 spiro atoms. The Morgan fingerprint density at radius 1 is 1.40 bits per heavy atom. The van der Waals surface area contributed by atoms with Crippen LogP contribution in [0, 0.1) is 11.6 Å². The lowest BCUT2D eigenvalue weighted by Gasteiger charge is -2.09. The second kappa shape index (κ2) is 3.46. The van der Waals surface area contributed by atoms with E-state index in [1.807, 2.05) is 0 Å². The fourth-order valence-corrected chi connectivity index (χ4v) is 1.80. The van der Waals surface area contributed by atoms with Gasteiger partial charge >= 0.3 is 0 Å². The van der Waals surface area contributed by atoms with E-state index in [1.165, 1.54) is 6.07 Å². The second-order valence-electron chi connectivity index (χ2n) is 3.53. The summed E-state index contributed by atoms with van der Waals surface area (Å²) < 4.78 is 26.2. The summed E-state index contributed by atoms with van der Waals surface area (Å²) in [6.07, 6.45) is 3.29. The molecular formula is C11H9F2NO. The molecule has 1 aromatic rings. The van der Waals surface area contributed by atoms with Crippen molar-refractivity contribution in [2.45, 2.75) is 12.3 Å². The SMILES string of the molecule is NC(=O)CC1C=Cc2c(F)cc(F)cc21. The average Bonchev–Trinajstić information content (AvgIpc) is 2.48. The summed E-state index contributed by atoms with van der Waals surface area (Å²) in [4.78, 5) is 10.7. The molecule has 0 fully saturated rings. The topological polar surface area (TPSA) is 43.1 Å². The highest BCUT2D eigenvalue weighted by Crippen LogP contribution is 2.34. The van der Waals surface area contributed by atoms with Crippen LogP contribution in [0.5, 0.6) is 0 Å². The molecule has 1 aliphatic carbocycles. The molecule has 0 aliphatic heterocycles. The van der Waals surface area contributed by atoms with Crippen molar-refractivity contribution < 1.29 is 13.6 Å². The third-order valence-electron chi connectivity index (χ3n) is 2.44. The molecule has 78 valence electrons. The first-order valence-electron chi connectivity index (χ1n) is 4.53. The Morgan fingerprint density at radius 3 is 2.80 bits per heavy atom. The lowest BCUT2D eigenvalue weighted by Crippen LogP contribution is -2.13. The van der Waals surface area contributed by atoms with Gasteiger partial charge in [-0.25, -0.2) is 8.78 Å². The van der Waals surface area contributed by atoms with E-state index in [4.69, 9.17) is 5.73 Å². The van der Waals surface area contributed by atoms with Crippen molar-refractivity contribution in [2.24, 2.45) is 5.73 Å². The van der Waals surface area contributed by atoms with Gasteiger partial charge in [0.1, 0.15) is 11.6 Å². The smallest absolute Gasteiger partial charge is 0.218 e. The molecule has 1 atom stereocenters. The van der Waals surface area contributed by atoms with E-state index in [-0.39, 0.29) is 12.3 Å². The van der Waals surface area contributed by atoms with E-state index in [0.29, 0.717) is 11.1 Å². The molecule has 1 aliphatic rings. The normalized spacial score (nSPS) is 17.9. The van der Waals surface area contributed by atoms with Crippen molar-refractivity contribution in [3.63, 3.8) is 0 Å². The number of fused-ring (bicyclic) bond motifs is 1. The monoisotopic (exact) mass is 209 g/mol. The zero-order valence-corrected chi connectivity index (χ0v) is 7.84. The molecule has 1 unspecified atom stereocenters. The van der Waals surface area contributed by atoms with Crippen LogP contribution in [0.25, 0.3) is 6.08 Å². The Morgan fingerprint density at radius 2 is 2.13 bits per heavy atom. The van der Waals surface area contributed by atoms with Crippen LogP contribution in [0.15, 0.2) is 18.2 Å². The number of benzene rings is 1. The van der Waals surface area contributed by atoms with Crippen LogP contribution < -0.4 is 5.73 Å². The average molecular weight is 209 g/mol. The van der Waals surface area contributed by atoms with Gasteiger partial charge in [0, 0.05) is 24.0 Å². The number of primary amides is 1. The maximum Gasteiger partial charge on any atom is 0.218 e. The van der Waals surface area contributed by atoms with Crippen LogP contribution in [0.2, 0.25) is 0 Å². The van der Waals surface area contributed by atoms with Crippen LogP contribution in [0.4, 0.5) is 8.78 Å². The lowest BCUT2D eigenvalue weighted by molar-refractivity contribution is -0.118. The van der Waals surface area contributed by atoms with Crippen molar-refractivity contribution >= 4 is 12.0 Å². The standard InChI is InChI=1S/C11H9F2NO/c12-7-4-9-6(3-11(14)15)1-2-8(9)10(13)5-7/h1-2,4-6H,3H2,(H2,14,15). The number of rotatable bonds is 2. The Kier molecular flexibility index (Phi) is 2.26. The number of halogens is 2. The van der Waals surface area contributed by atoms with E-state index >= 15 is 0 Å². The Hall–Kier alpha value is -1.71. The maximum absolute atomic E-state index is 13.3. The largest absolute Gasteiger partial charge is 0.370 e. The van der Waals surface area contributed by atoms with E-state index in [2.05, 4.69) is 0 Å². The minimum Gasteiger partial charge on any atom is -0.370 e. The van der Waals surface area contributed by atoms with Crippen molar-refractivity contribution in [1.82, 2.24) is 0 Å². The highest BCUT2D eigenvalue weighted by Gasteiger charge is 2.22. The van der Waals surface area contributed by atoms with Crippen LogP contribution in [-0.4, -0.2) is 5.91 Å². The van der Waals surface area contributed by atoms with Gasteiger partial charge in [-0.15, -0.1) is 0 Å². The summed E-state index contributed by atoms with van der Waals surface area (Å²) in [7, 11) is 0. The summed E-state index contributed by atoms with van der Waals surface area (Å²) in [5.74, 6) is -2.03. The van der Waals surface area contributed by atoms with Gasteiger partial charge in [-0.05, 0) is 11.6 Å². The molecule has 1 amide bonds. The number of carbonyl (C=O) groups is 1. The fourth-order valence-electron chi connectivity index (χ4n) is 1.80. The molecule has 0 radical (unpaired) electrons. The second-order valence-corrected chi connectivity index (χ2v) is 3.53. The minimum atomic E-state index is -0.635. The first-order valence-corrected chi connectivity index (χ1v) is 4.53. The van der Waals surface area contributed by atoms with E-state index in [9.17, 15) is 13.6 Å². The van der Waals surface area contributed by atoms with Crippen LogP contribution in [0.3, 0.4) is 0 Å². The maximum atomic E-state index is 13.3. The van der Waals surface area contributed by atoms with Gasteiger partial charge in [0.15, 0.2) is 0 Å². The Balaban J connectivity index is 2.41. The van der Waals surface area contributed by atoms with Gasteiger partial charge in [-0.2, -0.15) is 0 Å². The highest BCUT2D eigenvalue weighted by atomic mass is 19.1. The number of hydrogen-bond donors (Lipinski definition) is 1. The van der Waals surface area contributed by atoms with E-state index in [1.54, 1.807) is 12.2 Å². The van der Waals surface area contributed by atoms with Crippen LogP contribution in [0.1, 0.15) is 23.5 Å². The number of amides is 1. The zero-order valence-electron chi connectivity index (χ0n) is 7.84. The van der Waals surface area contributed by atoms with Gasteiger partial charge in [0.2, 0.25) is 5.91 Å². The summed E-state index contributed by atoms with van der Waals surface area (Å²) in [5, 5.41) is 0. The van der Waals surface area contributed by atoms with Gasteiger partial charge in [-0.3, -0.25) is 4.79 Å². The molecule has 15 heavy (non-hydrogen) atoms. The quantitative estimate of drug-likeness (QED) is 0.794. The summed E-state index contributed by atoms with van der Waals surface area (Å²) in [6, 6.07) is 2.07. The molecule has 2 nitrogen and oxygen atoms in total. The van der Waals surface area contributed by atoms with Gasteiger partial charge in [0.05, 0.1) is 0 Å². The fraction of sp³-hybridized carbons (Fsp3) is 0.182. The van der Waals surface area contributed by atoms with Crippen molar-refractivity contribution in [3.05, 3.63) is 41.0 Å². The number of allylic oxidation sites excluding steroid dienone is 1. The molecule has 0 saturated heterocycles. The van der Waals surface area contributed by atoms with Gasteiger partial charge < -0.3 is 5.73 Å². The molecular weight excluding hydrogens is 200 g/mol. The molecule has 1 aromatic carbocycles. The van der Waals surface area contributed by atoms with Gasteiger partial charge in [-0.1, -0.05) is 12.2 Å². The molecule has 0 aromatic heterocycles. The molecule has 0 heterocycles. The third-order valence-corrected chi connectivity index (χ3v) is 2.44. The minimum absolute atomic E-state index is 0.0758. The van der Waals surface area contributed by atoms with Crippen LogP contribution >= 0.6 is 0 Å². The number of nitrogens with two attached hydrogens (primary N) is 1. The number of hydrogen-bond acceptors (Lipinski definition) is 1.